The number of benzene rings is 1. The molecule has 0 saturated carbocycles. The van der Waals surface area contributed by atoms with Crippen LogP contribution in [0.15, 0.2) is 49.1 Å². The molecule has 0 unspecified atom stereocenters. The second-order valence-electron chi connectivity index (χ2n) is 6.24. The lowest BCUT2D eigenvalue weighted by Crippen LogP contribution is -2.44. The molecule has 9 heteroatoms. The van der Waals surface area contributed by atoms with E-state index in [0.717, 1.165) is 18.5 Å². The summed E-state index contributed by atoms with van der Waals surface area (Å²) in [7, 11) is 0. The molecule has 4 rings (SSSR count). The average molecular weight is 385 g/mol. The molecule has 1 aromatic carbocycles. The zero-order valence-electron chi connectivity index (χ0n) is 14.4. The quantitative estimate of drug-likeness (QED) is 0.686. The minimum Gasteiger partial charge on any atom is -0.487 e. The molecule has 1 amide bonds. The number of carbonyl (C=O) groups excluding carboxylic acids is 1. The molecule has 0 N–H and O–H groups in total. The van der Waals surface area contributed by atoms with Crippen molar-refractivity contribution in [1.29, 1.82) is 0 Å². The smallest absolute Gasteiger partial charge is 0.254 e. The van der Waals surface area contributed by atoms with Gasteiger partial charge in [0.2, 0.25) is 0 Å². The average Bonchev–Trinajstić information content (AvgIpc) is 3.24. The van der Waals surface area contributed by atoms with Gasteiger partial charge in [-0.1, -0.05) is 17.7 Å². The van der Waals surface area contributed by atoms with Crippen LogP contribution in [0, 0.1) is 0 Å². The molecule has 0 aliphatic carbocycles. The molecule has 1 saturated heterocycles. The molecule has 0 radical (unpaired) electrons. The van der Waals surface area contributed by atoms with Gasteiger partial charge < -0.3 is 9.64 Å². The SMILES string of the molecule is O=C(c1cccc(-n2cnnn2)c1)N1CCC[C@H](Oc2ccncc2Cl)C1. The molecule has 2 aromatic heterocycles. The highest BCUT2D eigenvalue weighted by Crippen LogP contribution is 2.26. The third kappa shape index (κ3) is 3.90. The van der Waals surface area contributed by atoms with E-state index in [1.165, 1.54) is 11.0 Å². The number of hydrogen-bond donors (Lipinski definition) is 0. The summed E-state index contributed by atoms with van der Waals surface area (Å²) >= 11 is 6.12. The van der Waals surface area contributed by atoms with Crippen LogP contribution in [0.4, 0.5) is 0 Å². The second-order valence-corrected chi connectivity index (χ2v) is 6.65. The molecule has 8 nitrogen and oxygen atoms in total. The van der Waals surface area contributed by atoms with Gasteiger partial charge in [-0.2, -0.15) is 0 Å². The summed E-state index contributed by atoms with van der Waals surface area (Å²) in [6.45, 7) is 1.20. The molecule has 1 aliphatic heterocycles. The molecule has 138 valence electrons. The summed E-state index contributed by atoms with van der Waals surface area (Å²) in [6.07, 6.45) is 6.31. The minimum atomic E-state index is -0.106. The lowest BCUT2D eigenvalue weighted by Gasteiger charge is -2.33. The first-order valence-electron chi connectivity index (χ1n) is 8.59. The van der Waals surface area contributed by atoms with Crippen molar-refractivity contribution >= 4 is 17.5 Å². The van der Waals surface area contributed by atoms with Crippen molar-refractivity contribution in [1.82, 2.24) is 30.1 Å². The lowest BCUT2D eigenvalue weighted by molar-refractivity contribution is 0.0538. The largest absolute Gasteiger partial charge is 0.487 e. The Morgan fingerprint density at radius 3 is 3.04 bits per heavy atom. The third-order valence-corrected chi connectivity index (χ3v) is 4.68. The summed E-state index contributed by atoms with van der Waals surface area (Å²) in [6, 6.07) is 8.97. The van der Waals surface area contributed by atoms with Crippen molar-refractivity contribution < 1.29 is 9.53 Å². The Labute approximate surface area is 160 Å². The number of tetrazole rings is 1. The highest BCUT2D eigenvalue weighted by atomic mass is 35.5. The summed E-state index contributed by atoms with van der Waals surface area (Å²) in [4.78, 5) is 18.7. The van der Waals surface area contributed by atoms with Crippen LogP contribution in [-0.2, 0) is 0 Å². The monoisotopic (exact) mass is 384 g/mol. The van der Waals surface area contributed by atoms with E-state index in [2.05, 4.69) is 20.5 Å². The predicted molar refractivity (Wildman–Crippen MR) is 98.0 cm³/mol. The van der Waals surface area contributed by atoms with Gasteiger partial charge in [0, 0.05) is 30.6 Å². The fourth-order valence-electron chi connectivity index (χ4n) is 3.10. The Bertz CT molecular complexity index is 933. The molecule has 3 heterocycles. The fraction of sp³-hybridized carbons (Fsp3) is 0.278. The van der Waals surface area contributed by atoms with Crippen molar-refractivity contribution in [3.05, 3.63) is 59.6 Å². The lowest BCUT2D eigenvalue weighted by atomic mass is 10.1. The number of carbonyl (C=O) groups is 1. The number of ether oxygens (including phenoxy) is 1. The number of hydrogen-bond acceptors (Lipinski definition) is 6. The van der Waals surface area contributed by atoms with Crippen LogP contribution in [0.5, 0.6) is 5.75 Å². The van der Waals surface area contributed by atoms with E-state index >= 15 is 0 Å². The van der Waals surface area contributed by atoms with Crippen LogP contribution in [0.1, 0.15) is 23.2 Å². The highest BCUT2D eigenvalue weighted by molar-refractivity contribution is 6.31. The molecule has 1 aliphatic rings. The Balaban J connectivity index is 1.47. The maximum Gasteiger partial charge on any atom is 0.254 e. The van der Waals surface area contributed by atoms with Crippen LogP contribution in [0.3, 0.4) is 0 Å². The van der Waals surface area contributed by atoms with Crippen molar-refractivity contribution in [2.45, 2.75) is 18.9 Å². The van der Waals surface area contributed by atoms with Gasteiger partial charge in [-0.15, -0.1) is 5.10 Å². The normalized spacial score (nSPS) is 16.9. The molecular weight excluding hydrogens is 368 g/mol. The number of amides is 1. The second kappa shape index (κ2) is 7.71. The van der Waals surface area contributed by atoms with Gasteiger partial charge in [-0.3, -0.25) is 9.78 Å². The third-order valence-electron chi connectivity index (χ3n) is 4.40. The molecular formula is C18H17ClN6O2. The maximum absolute atomic E-state index is 13.0. The Hall–Kier alpha value is -3.00. The summed E-state index contributed by atoms with van der Waals surface area (Å²) in [5, 5.41) is 11.6. The maximum atomic E-state index is 13.0. The van der Waals surface area contributed by atoms with Gasteiger partial charge in [0.15, 0.2) is 0 Å². The van der Waals surface area contributed by atoms with Crippen LogP contribution in [0.25, 0.3) is 5.69 Å². The Morgan fingerprint density at radius 2 is 2.22 bits per heavy atom. The van der Waals surface area contributed by atoms with Crippen LogP contribution in [0.2, 0.25) is 5.02 Å². The first kappa shape index (κ1) is 17.4. The van der Waals surface area contributed by atoms with E-state index in [1.807, 2.05) is 17.0 Å². The van der Waals surface area contributed by atoms with Gasteiger partial charge in [-0.25, -0.2) is 4.68 Å². The zero-order valence-corrected chi connectivity index (χ0v) is 15.2. The summed E-state index contributed by atoms with van der Waals surface area (Å²) in [5.74, 6) is 0.547. The predicted octanol–water partition coefficient (Wildman–Crippen LogP) is 2.39. The van der Waals surface area contributed by atoms with E-state index in [1.54, 1.807) is 30.6 Å². The number of halogens is 1. The number of likely N-dealkylation sites (tertiary alicyclic amines) is 1. The van der Waals surface area contributed by atoms with Gasteiger partial charge in [0.25, 0.3) is 5.91 Å². The van der Waals surface area contributed by atoms with Crippen molar-refractivity contribution in [3.63, 3.8) is 0 Å². The minimum absolute atomic E-state index is 0.0425. The topological polar surface area (TPSA) is 86.0 Å². The van der Waals surface area contributed by atoms with E-state index in [4.69, 9.17) is 16.3 Å². The zero-order chi connectivity index (χ0) is 18.6. The van der Waals surface area contributed by atoms with Crippen LogP contribution in [-0.4, -0.2) is 55.2 Å². The Morgan fingerprint density at radius 1 is 1.30 bits per heavy atom. The van der Waals surface area contributed by atoms with Gasteiger partial charge >= 0.3 is 0 Å². The molecule has 1 fully saturated rings. The standard InChI is InChI=1S/C18H17ClN6O2/c19-16-10-20-7-6-17(16)27-15-5-2-8-24(11-15)18(26)13-3-1-4-14(9-13)25-12-21-22-23-25/h1,3-4,6-7,9-10,12,15H,2,5,8,11H2/t15-/m0/s1. The van der Waals surface area contributed by atoms with Crippen LogP contribution < -0.4 is 4.74 Å². The van der Waals surface area contributed by atoms with Gasteiger partial charge in [0.1, 0.15) is 23.2 Å². The first-order chi connectivity index (χ1) is 13.2. The molecule has 27 heavy (non-hydrogen) atoms. The van der Waals surface area contributed by atoms with E-state index in [0.29, 0.717) is 29.4 Å². The molecule has 0 bridgehead atoms. The summed E-state index contributed by atoms with van der Waals surface area (Å²) in [5.41, 5.74) is 1.32. The van der Waals surface area contributed by atoms with Crippen molar-refractivity contribution in [2.75, 3.05) is 13.1 Å². The van der Waals surface area contributed by atoms with Gasteiger partial charge in [-0.05, 0) is 41.5 Å². The number of rotatable bonds is 4. The van der Waals surface area contributed by atoms with E-state index in [9.17, 15) is 4.79 Å². The molecule has 1 atom stereocenters. The first-order valence-corrected chi connectivity index (χ1v) is 8.97. The van der Waals surface area contributed by atoms with Crippen molar-refractivity contribution in [2.24, 2.45) is 0 Å². The molecule has 0 spiro atoms. The molecule has 3 aromatic rings. The fourth-order valence-corrected chi connectivity index (χ4v) is 3.26. The highest BCUT2D eigenvalue weighted by Gasteiger charge is 2.26. The van der Waals surface area contributed by atoms with Crippen LogP contribution >= 0.6 is 11.6 Å². The van der Waals surface area contributed by atoms with Crippen molar-refractivity contribution in [3.8, 4) is 11.4 Å². The number of piperidine rings is 1. The number of aromatic nitrogens is 5. The Kier molecular flexibility index (Phi) is 4.97. The summed E-state index contributed by atoms with van der Waals surface area (Å²) < 4.78 is 7.51. The van der Waals surface area contributed by atoms with E-state index in [-0.39, 0.29) is 12.0 Å². The van der Waals surface area contributed by atoms with E-state index < -0.39 is 0 Å². The number of pyridine rings is 1. The number of nitrogens with zero attached hydrogens (tertiary/aromatic N) is 6. The van der Waals surface area contributed by atoms with Gasteiger partial charge in [0.05, 0.1) is 12.2 Å².